The Hall–Kier alpha value is -1.57. The van der Waals surface area contributed by atoms with E-state index in [2.05, 4.69) is 4.98 Å². The van der Waals surface area contributed by atoms with Gasteiger partial charge in [-0.25, -0.2) is 13.8 Å². The minimum atomic E-state index is -5.04. The number of H-pyrrole nitrogens is 1. The van der Waals surface area contributed by atoms with E-state index in [1.807, 2.05) is 0 Å². The predicted octanol–water partition coefficient (Wildman–Crippen LogP) is 4.66. The number of aromatic amines is 1. The Morgan fingerprint density at radius 1 is 1.20 bits per heavy atom. The number of nitrogens with one attached hydrogen (secondary N) is 1. The Bertz CT molecular complexity index is 690. The van der Waals surface area contributed by atoms with Crippen LogP contribution in [0.2, 0.25) is 0 Å². The van der Waals surface area contributed by atoms with Gasteiger partial charge in [-0.05, 0) is 17.5 Å². The van der Waals surface area contributed by atoms with Crippen LogP contribution >= 0.6 is 12.2 Å². The first-order chi connectivity index (χ1) is 9.12. The van der Waals surface area contributed by atoms with E-state index in [1.54, 1.807) is 18.8 Å². The number of halogens is 5. The highest BCUT2D eigenvalue weighted by atomic mass is 32.1. The average Bonchev–Trinajstić information content (AvgIpc) is 2.31. The first-order valence-corrected chi connectivity index (χ1v) is 6.03. The molecular weight excluding hydrogens is 299 g/mol. The minimum absolute atomic E-state index is 0.0582. The largest absolute Gasteiger partial charge is 0.434 e. The summed E-state index contributed by atoms with van der Waals surface area (Å²) in [6.07, 6.45) is -5.04. The van der Waals surface area contributed by atoms with Crippen molar-refractivity contribution in [2.45, 2.75) is 25.9 Å². The van der Waals surface area contributed by atoms with Crippen molar-refractivity contribution in [1.82, 2.24) is 9.97 Å². The van der Waals surface area contributed by atoms with Crippen molar-refractivity contribution in [3.05, 3.63) is 33.6 Å². The summed E-state index contributed by atoms with van der Waals surface area (Å²) in [7, 11) is 0. The van der Waals surface area contributed by atoms with E-state index < -0.39 is 29.3 Å². The fourth-order valence-corrected chi connectivity index (χ4v) is 2.17. The molecule has 0 aromatic rings. The van der Waals surface area contributed by atoms with Crippen LogP contribution < -0.4 is 0 Å². The molecule has 0 atom stereocenters. The lowest BCUT2D eigenvalue weighted by Crippen LogP contribution is -2.15. The molecule has 8 heteroatoms. The molecule has 0 unspecified atom stereocenters. The van der Waals surface area contributed by atoms with E-state index in [4.69, 9.17) is 12.2 Å². The third-order valence-corrected chi connectivity index (χ3v) is 3.14. The highest BCUT2D eigenvalue weighted by Crippen LogP contribution is 2.35. The molecule has 0 saturated carbocycles. The zero-order valence-corrected chi connectivity index (χ0v) is 11.2. The number of aromatic nitrogens is 2. The maximum absolute atomic E-state index is 13.8. The second kappa shape index (κ2) is 4.76. The molecular formula is C12H9F5N2S. The van der Waals surface area contributed by atoms with Crippen LogP contribution in [0.1, 0.15) is 31.0 Å². The molecule has 0 saturated heterocycles. The van der Waals surface area contributed by atoms with Gasteiger partial charge in [-0.15, -0.1) is 0 Å². The number of alkyl halides is 3. The van der Waals surface area contributed by atoms with E-state index in [9.17, 15) is 22.0 Å². The van der Waals surface area contributed by atoms with Gasteiger partial charge in [0.25, 0.3) is 0 Å². The average molecular weight is 308 g/mol. The van der Waals surface area contributed by atoms with Crippen molar-refractivity contribution in [1.29, 1.82) is 0 Å². The van der Waals surface area contributed by atoms with Gasteiger partial charge >= 0.3 is 6.18 Å². The minimum Gasteiger partial charge on any atom is -0.333 e. The van der Waals surface area contributed by atoms with Gasteiger partial charge in [-0.2, -0.15) is 13.2 Å². The Kier molecular flexibility index (Phi) is 3.53. The van der Waals surface area contributed by atoms with E-state index in [0.717, 1.165) is 0 Å². The van der Waals surface area contributed by atoms with Crippen LogP contribution in [0, 0.1) is 16.3 Å². The fourth-order valence-electron chi connectivity index (χ4n) is 1.78. The maximum Gasteiger partial charge on any atom is 0.434 e. The molecule has 108 valence electrons. The van der Waals surface area contributed by atoms with Crippen LogP contribution in [0.25, 0.3) is 11.4 Å². The van der Waals surface area contributed by atoms with Gasteiger partial charge in [-0.3, -0.25) is 0 Å². The summed E-state index contributed by atoms with van der Waals surface area (Å²) in [4.78, 5) is 5.49. The van der Waals surface area contributed by atoms with Crippen LogP contribution in [0.15, 0.2) is 6.07 Å². The molecule has 0 aromatic carbocycles. The standard InChI is InChI=1S/C12H9F5N2S/c1-4(2)5-3-6-7(13)8(14)9(12(15,16)17)18-10(6)19-11(5)20/h3-4H,1-2H3,(H,18,19,20). The Morgan fingerprint density at radius 3 is 2.30 bits per heavy atom. The molecule has 2 rings (SSSR count). The number of pyridine rings is 2. The monoisotopic (exact) mass is 308 g/mol. The van der Waals surface area contributed by atoms with Crippen LogP contribution in [-0.2, 0) is 6.18 Å². The van der Waals surface area contributed by atoms with Gasteiger partial charge in [0.15, 0.2) is 17.3 Å². The number of nitrogens with zero attached hydrogens (tertiary/aromatic N) is 1. The first kappa shape index (κ1) is 14.8. The van der Waals surface area contributed by atoms with Gasteiger partial charge in [0, 0.05) is 0 Å². The van der Waals surface area contributed by atoms with Crippen molar-refractivity contribution >= 4 is 12.2 Å². The molecule has 0 fully saturated rings. The van der Waals surface area contributed by atoms with Crippen LogP contribution in [0.5, 0.6) is 0 Å². The summed E-state index contributed by atoms with van der Waals surface area (Å²) in [5, 5.41) is 0. The summed E-state index contributed by atoms with van der Waals surface area (Å²) < 4.78 is 65.1. The molecule has 2 aliphatic rings. The molecule has 0 spiro atoms. The molecule has 2 heterocycles. The van der Waals surface area contributed by atoms with Crippen molar-refractivity contribution in [3.63, 3.8) is 0 Å². The van der Waals surface area contributed by atoms with Gasteiger partial charge in [-0.1, -0.05) is 26.1 Å². The molecule has 0 radical (unpaired) electrons. The Labute approximate surface area is 116 Å². The molecule has 0 aliphatic carbocycles. The lowest BCUT2D eigenvalue weighted by Gasteiger charge is -2.15. The van der Waals surface area contributed by atoms with E-state index in [0.29, 0.717) is 5.56 Å². The molecule has 2 nitrogen and oxygen atoms in total. The quantitative estimate of drug-likeness (QED) is 0.613. The normalized spacial score (nSPS) is 12.4. The number of hydrogen-bond acceptors (Lipinski definition) is 2. The second-order valence-corrected chi connectivity index (χ2v) is 4.95. The van der Waals surface area contributed by atoms with Gasteiger partial charge < -0.3 is 4.98 Å². The second-order valence-electron chi connectivity index (χ2n) is 4.56. The fraction of sp³-hybridized carbons (Fsp3) is 0.333. The zero-order valence-electron chi connectivity index (χ0n) is 10.4. The predicted molar refractivity (Wildman–Crippen MR) is 65.1 cm³/mol. The van der Waals surface area contributed by atoms with Crippen molar-refractivity contribution in [2.75, 3.05) is 0 Å². The summed E-state index contributed by atoms with van der Waals surface area (Å²) in [5.41, 5.74) is -1.69. The molecule has 20 heavy (non-hydrogen) atoms. The highest BCUT2D eigenvalue weighted by Gasteiger charge is 2.38. The molecule has 0 bridgehead atoms. The molecule has 0 aromatic heterocycles. The Balaban J connectivity index is 2.85. The third kappa shape index (κ3) is 2.39. The molecule has 2 aliphatic heterocycles. The molecule has 1 N–H and O–H groups in total. The number of hydrogen-bond donors (Lipinski definition) is 1. The Morgan fingerprint density at radius 2 is 1.80 bits per heavy atom. The first-order valence-electron chi connectivity index (χ1n) is 5.62. The SMILES string of the molecule is CC(C)c1cc2c(F)c(F)c(C(F)(F)F)[nH]c-2nc1=S. The smallest absolute Gasteiger partial charge is 0.333 e. The number of rotatable bonds is 1. The summed E-state index contributed by atoms with van der Waals surface area (Å²) in [5.74, 6) is -4.09. The van der Waals surface area contributed by atoms with E-state index in [-0.39, 0.29) is 16.1 Å². The van der Waals surface area contributed by atoms with Crippen molar-refractivity contribution in [3.8, 4) is 11.4 Å². The zero-order chi connectivity index (χ0) is 15.2. The van der Waals surface area contributed by atoms with Gasteiger partial charge in [0.05, 0.1) is 5.56 Å². The van der Waals surface area contributed by atoms with E-state index >= 15 is 0 Å². The van der Waals surface area contributed by atoms with E-state index in [1.165, 1.54) is 6.07 Å². The lowest BCUT2D eigenvalue weighted by molar-refractivity contribution is -0.144. The summed E-state index contributed by atoms with van der Waals surface area (Å²) >= 11 is 4.94. The summed E-state index contributed by atoms with van der Waals surface area (Å²) in [6, 6.07) is 1.23. The third-order valence-electron chi connectivity index (χ3n) is 2.81. The van der Waals surface area contributed by atoms with Crippen LogP contribution in [-0.4, -0.2) is 9.97 Å². The topological polar surface area (TPSA) is 28.7 Å². The molecule has 0 amide bonds. The number of fused-ring (bicyclic) bond motifs is 1. The van der Waals surface area contributed by atoms with Crippen molar-refractivity contribution < 1.29 is 22.0 Å². The maximum atomic E-state index is 13.8. The highest BCUT2D eigenvalue weighted by molar-refractivity contribution is 7.71. The summed E-state index contributed by atoms with van der Waals surface area (Å²) in [6.45, 7) is 3.53. The van der Waals surface area contributed by atoms with Crippen molar-refractivity contribution in [2.24, 2.45) is 0 Å². The van der Waals surface area contributed by atoms with Crippen LogP contribution in [0.4, 0.5) is 22.0 Å². The van der Waals surface area contributed by atoms with Gasteiger partial charge in [0.1, 0.15) is 10.5 Å². The van der Waals surface area contributed by atoms with Crippen LogP contribution in [0.3, 0.4) is 0 Å². The lowest BCUT2D eigenvalue weighted by atomic mass is 10.0. The van der Waals surface area contributed by atoms with Gasteiger partial charge in [0.2, 0.25) is 0 Å².